The molecule has 0 radical (unpaired) electrons. The molecule has 2 amide bonds. The number of likely N-dealkylation sites (tertiary alicyclic amines) is 1. The summed E-state index contributed by atoms with van der Waals surface area (Å²) in [7, 11) is 0. The van der Waals surface area contributed by atoms with Gasteiger partial charge in [-0.05, 0) is 25.0 Å². The number of hydrogen-bond acceptors (Lipinski definition) is 4. The zero-order valence-corrected chi connectivity index (χ0v) is 12.3. The van der Waals surface area contributed by atoms with Crippen LogP contribution in [-0.2, 0) is 4.79 Å². The molecule has 0 bridgehead atoms. The van der Waals surface area contributed by atoms with E-state index in [0.717, 1.165) is 38.8 Å². The van der Waals surface area contributed by atoms with Crippen LogP contribution < -0.4 is 5.32 Å². The zero-order valence-electron chi connectivity index (χ0n) is 12.3. The maximum absolute atomic E-state index is 12.0. The van der Waals surface area contributed by atoms with Gasteiger partial charge in [-0.1, -0.05) is 12.8 Å². The molecule has 1 aromatic rings. The van der Waals surface area contributed by atoms with Crippen molar-refractivity contribution in [1.82, 2.24) is 10.2 Å². The monoisotopic (exact) mass is 308 g/mol. The van der Waals surface area contributed by atoms with E-state index in [1.165, 1.54) is 12.1 Å². The van der Waals surface area contributed by atoms with Gasteiger partial charge in [-0.2, -0.15) is 0 Å². The molecule has 1 aliphatic heterocycles. The molecular formula is C15H20N2O5. The van der Waals surface area contributed by atoms with Crippen molar-refractivity contribution in [1.29, 1.82) is 0 Å². The minimum atomic E-state index is -1.23. The molecule has 2 heterocycles. The van der Waals surface area contributed by atoms with Gasteiger partial charge >= 0.3 is 5.97 Å². The lowest BCUT2D eigenvalue weighted by molar-refractivity contribution is -0.131. The highest BCUT2D eigenvalue weighted by atomic mass is 16.4. The van der Waals surface area contributed by atoms with Crippen LogP contribution in [-0.4, -0.2) is 47.4 Å². The fourth-order valence-electron chi connectivity index (χ4n) is 2.42. The van der Waals surface area contributed by atoms with E-state index in [1.807, 2.05) is 4.90 Å². The van der Waals surface area contributed by atoms with Gasteiger partial charge in [-0.15, -0.1) is 0 Å². The smallest absolute Gasteiger partial charge is 0.371 e. The Hall–Kier alpha value is -2.31. The lowest BCUT2D eigenvalue weighted by Gasteiger charge is -2.20. The second kappa shape index (κ2) is 7.63. The number of hydrogen-bond donors (Lipinski definition) is 2. The van der Waals surface area contributed by atoms with Crippen molar-refractivity contribution < 1.29 is 23.9 Å². The standard InChI is InChI=1S/C15H20N2O5/c18-13(17-9-3-1-2-4-10-17)7-8-16-14(19)11-5-6-12(22-11)15(20)21/h5-6H,1-4,7-10H2,(H,16,19)(H,20,21). The van der Waals surface area contributed by atoms with Crippen molar-refractivity contribution in [2.75, 3.05) is 19.6 Å². The zero-order chi connectivity index (χ0) is 15.9. The van der Waals surface area contributed by atoms with Crippen LogP contribution in [0.5, 0.6) is 0 Å². The first-order valence-electron chi connectivity index (χ1n) is 7.47. The van der Waals surface area contributed by atoms with Crippen LogP contribution >= 0.6 is 0 Å². The summed E-state index contributed by atoms with van der Waals surface area (Å²) in [5.41, 5.74) is 0. The molecule has 2 rings (SSSR count). The average molecular weight is 308 g/mol. The fraction of sp³-hybridized carbons (Fsp3) is 0.533. The predicted molar refractivity (Wildman–Crippen MR) is 77.7 cm³/mol. The molecule has 1 fully saturated rings. The van der Waals surface area contributed by atoms with Crippen molar-refractivity contribution in [2.24, 2.45) is 0 Å². The number of carboxylic acid groups (broad SMARTS) is 1. The number of nitrogens with zero attached hydrogens (tertiary/aromatic N) is 1. The summed E-state index contributed by atoms with van der Waals surface area (Å²) in [4.78, 5) is 36.3. The van der Waals surface area contributed by atoms with E-state index in [1.54, 1.807) is 0 Å². The number of carboxylic acids is 1. The SMILES string of the molecule is O=C(O)c1ccc(C(=O)NCCC(=O)N2CCCCCC2)o1. The van der Waals surface area contributed by atoms with Crippen LogP contribution in [0, 0.1) is 0 Å². The van der Waals surface area contributed by atoms with E-state index in [0.29, 0.717) is 0 Å². The largest absolute Gasteiger partial charge is 0.475 e. The molecule has 0 unspecified atom stereocenters. The van der Waals surface area contributed by atoms with Crippen LogP contribution in [0.4, 0.5) is 0 Å². The molecule has 0 aromatic carbocycles. The van der Waals surface area contributed by atoms with Gasteiger partial charge in [-0.25, -0.2) is 4.79 Å². The minimum Gasteiger partial charge on any atom is -0.475 e. The topological polar surface area (TPSA) is 99.8 Å². The van der Waals surface area contributed by atoms with Gasteiger partial charge in [0.2, 0.25) is 11.7 Å². The normalized spacial score (nSPS) is 15.2. The van der Waals surface area contributed by atoms with Gasteiger partial charge < -0.3 is 19.7 Å². The highest BCUT2D eigenvalue weighted by Crippen LogP contribution is 2.11. The van der Waals surface area contributed by atoms with Crippen molar-refractivity contribution in [2.45, 2.75) is 32.1 Å². The Morgan fingerprint density at radius 1 is 1.09 bits per heavy atom. The van der Waals surface area contributed by atoms with Crippen molar-refractivity contribution in [3.05, 3.63) is 23.7 Å². The van der Waals surface area contributed by atoms with E-state index in [9.17, 15) is 14.4 Å². The molecule has 0 aliphatic carbocycles. The van der Waals surface area contributed by atoms with Crippen molar-refractivity contribution in [3.63, 3.8) is 0 Å². The number of carbonyl (C=O) groups is 3. The number of aromatic carboxylic acids is 1. The Labute approximate surface area is 128 Å². The molecule has 2 N–H and O–H groups in total. The first-order chi connectivity index (χ1) is 10.6. The number of amides is 2. The first kappa shape index (κ1) is 16.1. The summed E-state index contributed by atoms with van der Waals surface area (Å²) in [5.74, 6) is -2.06. The summed E-state index contributed by atoms with van der Waals surface area (Å²) < 4.78 is 4.89. The number of furan rings is 1. The highest BCUT2D eigenvalue weighted by molar-refractivity contribution is 5.93. The van der Waals surface area contributed by atoms with Crippen molar-refractivity contribution in [3.8, 4) is 0 Å². The fourth-order valence-corrected chi connectivity index (χ4v) is 2.42. The molecule has 1 aliphatic rings. The maximum atomic E-state index is 12.0. The number of rotatable bonds is 5. The summed E-state index contributed by atoms with van der Waals surface area (Å²) in [6.45, 7) is 1.77. The Morgan fingerprint density at radius 3 is 2.32 bits per heavy atom. The number of carbonyl (C=O) groups excluding carboxylic acids is 2. The second-order valence-electron chi connectivity index (χ2n) is 5.27. The van der Waals surface area contributed by atoms with Crippen LogP contribution in [0.25, 0.3) is 0 Å². The first-order valence-corrected chi connectivity index (χ1v) is 7.47. The van der Waals surface area contributed by atoms with Gasteiger partial charge in [0.15, 0.2) is 5.76 Å². The summed E-state index contributed by atoms with van der Waals surface area (Å²) >= 11 is 0. The summed E-state index contributed by atoms with van der Waals surface area (Å²) in [5, 5.41) is 11.3. The molecule has 22 heavy (non-hydrogen) atoms. The molecule has 1 aromatic heterocycles. The van der Waals surface area contributed by atoms with Gasteiger partial charge in [0, 0.05) is 26.1 Å². The minimum absolute atomic E-state index is 0.0351. The third kappa shape index (κ3) is 4.34. The molecule has 0 saturated carbocycles. The quantitative estimate of drug-likeness (QED) is 0.858. The third-order valence-electron chi connectivity index (χ3n) is 3.62. The Bertz CT molecular complexity index is 544. The van der Waals surface area contributed by atoms with Gasteiger partial charge in [0.05, 0.1) is 0 Å². The third-order valence-corrected chi connectivity index (χ3v) is 3.62. The van der Waals surface area contributed by atoms with E-state index < -0.39 is 11.9 Å². The molecular weight excluding hydrogens is 288 g/mol. The summed E-state index contributed by atoms with van der Waals surface area (Å²) in [6, 6.07) is 2.52. The van der Waals surface area contributed by atoms with E-state index in [4.69, 9.17) is 9.52 Å². The van der Waals surface area contributed by atoms with Crippen LogP contribution in [0.3, 0.4) is 0 Å². The lowest BCUT2D eigenvalue weighted by Crippen LogP contribution is -2.35. The maximum Gasteiger partial charge on any atom is 0.371 e. The number of nitrogens with one attached hydrogen (secondary N) is 1. The molecule has 7 heteroatoms. The summed E-state index contributed by atoms with van der Waals surface area (Å²) in [6.07, 6.45) is 4.61. The highest BCUT2D eigenvalue weighted by Gasteiger charge is 2.17. The van der Waals surface area contributed by atoms with Crippen LogP contribution in [0.15, 0.2) is 16.5 Å². The van der Waals surface area contributed by atoms with Gasteiger partial charge in [0.1, 0.15) is 0 Å². The van der Waals surface area contributed by atoms with Crippen molar-refractivity contribution >= 4 is 17.8 Å². The Balaban J connectivity index is 1.76. The average Bonchev–Trinajstić information content (AvgIpc) is 2.83. The predicted octanol–water partition coefficient (Wildman–Crippen LogP) is 1.50. The van der Waals surface area contributed by atoms with Crippen LogP contribution in [0.2, 0.25) is 0 Å². The lowest BCUT2D eigenvalue weighted by atomic mass is 10.2. The Kier molecular flexibility index (Phi) is 5.57. The Morgan fingerprint density at radius 2 is 1.73 bits per heavy atom. The molecule has 120 valence electrons. The van der Waals surface area contributed by atoms with E-state index in [2.05, 4.69) is 5.32 Å². The molecule has 1 saturated heterocycles. The molecule has 0 spiro atoms. The van der Waals surface area contributed by atoms with Gasteiger partial charge in [-0.3, -0.25) is 9.59 Å². The van der Waals surface area contributed by atoms with Gasteiger partial charge in [0.25, 0.3) is 5.91 Å². The molecule has 0 atom stereocenters. The van der Waals surface area contributed by atoms with Crippen LogP contribution in [0.1, 0.15) is 53.2 Å². The molecule has 7 nitrogen and oxygen atoms in total. The second-order valence-corrected chi connectivity index (χ2v) is 5.27. The van der Waals surface area contributed by atoms with E-state index in [-0.39, 0.29) is 30.4 Å². The van der Waals surface area contributed by atoms with E-state index >= 15 is 0 Å².